The van der Waals surface area contributed by atoms with E-state index in [-0.39, 0.29) is 5.97 Å². The van der Waals surface area contributed by atoms with Crippen molar-refractivity contribution in [2.75, 3.05) is 12.5 Å². The Balaban J connectivity index is 3.14. The van der Waals surface area contributed by atoms with Crippen LogP contribution in [0.4, 0.5) is 5.69 Å². The van der Waals surface area contributed by atoms with Gasteiger partial charge in [-0.1, -0.05) is 22.0 Å². The van der Waals surface area contributed by atoms with Gasteiger partial charge >= 0.3 is 5.97 Å². The number of nitrogen functional groups attached to an aromatic ring is 1. The molecule has 76 valence electrons. The van der Waals surface area contributed by atoms with E-state index in [9.17, 15) is 4.79 Å². The molecule has 1 rings (SSSR count). The summed E-state index contributed by atoms with van der Waals surface area (Å²) in [7, 11) is 1.35. The van der Waals surface area contributed by atoms with Gasteiger partial charge in [0, 0.05) is 11.0 Å². The molecule has 5 heteroatoms. The fraction of sp³-hybridized carbons (Fsp3) is 0.222. The Kier molecular flexibility index (Phi) is 3.91. The van der Waals surface area contributed by atoms with Gasteiger partial charge in [-0.15, -0.1) is 0 Å². The molecule has 0 fully saturated rings. The zero-order valence-corrected chi connectivity index (χ0v) is 9.30. The highest BCUT2D eigenvalue weighted by molar-refractivity contribution is 9.08. The van der Waals surface area contributed by atoms with Gasteiger partial charge in [-0.05, 0) is 17.7 Å². The van der Waals surface area contributed by atoms with Gasteiger partial charge in [-0.3, -0.25) is 5.84 Å². The predicted molar refractivity (Wildman–Crippen MR) is 58.2 cm³/mol. The van der Waals surface area contributed by atoms with E-state index in [1.54, 1.807) is 12.1 Å². The summed E-state index contributed by atoms with van der Waals surface area (Å²) in [4.78, 5) is 11.3. The normalized spacial score (nSPS) is 9.64. The smallest absolute Gasteiger partial charge is 0.338 e. The number of methoxy groups -OCH3 is 1. The fourth-order valence-corrected chi connectivity index (χ4v) is 1.57. The third-order valence-electron chi connectivity index (χ3n) is 1.83. The van der Waals surface area contributed by atoms with Gasteiger partial charge in [-0.25, -0.2) is 4.79 Å². The minimum Gasteiger partial charge on any atom is -0.465 e. The van der Waals surface area contributed by atoms with Crippen LogP contribution in [-0.4, -0.2) is 13.1 Å². The molecule has 0 aliphatic rings. The van der Waals surface area contributed by atoms with Crippen LogP contribution < -0.4 is 11.3 Å². The third kappa shape index (κ3) is 2.24. The number of benzene rings is 1. The minimum atomic E-state index is -0.364. The molecular weight excluding hydrogens is 248 g/mol. The number of nitrogens with one attached hydrogen (secondary N) is 1. The lowest BCUT2D eigenvalue weighted by atomic mass is 10.1. The van der Waals surface area contributed by atoms with Crippen LogP contribution in [0, 0.1) is 0 Å². The van der Waals surface area contributed by atoms with Crippen molar-refractivity contribution in [1.29, 1.82) is 0 Å². The summed E-state index contributed by atoms with van der Waals surface area (Å²) in [6.07, 6.45) is 0. The van der Waals surface area contributed by atoms with E-state index < -0.39 is 0 Å². The van der Waals surface area contributed by atoms with Crippen LogP contribution in [0.1, 0.15) is 15.9 Å². The average molecular weight is 259 g/mol. The summed E-state index contributed by atoms with van der Waals surface area (Å²) >= 11 is 3.29. The summed E-state index contributed by atoms with van der Waals surface area (Å²) in [5, 5.41) is 0.599. The van der Waals surface area contributed by atoms with Crippen LogP contribution >= 0.6 is 15.9 Å². The number of hydrogen-bond acceptors (Lipinski definition) is 4. The number of nitrogens with two attached hydrogens (primary N) is 1. The van der Waals surface area contributed by atoms with Crippen molar-refractivity contribution in [3.63, 3.8) is 0 Å². The van der Waals surface area contributed by atoms with Crippen LogP contribution in [0.3, 0.4) is 0 Å². The molecule has 0 aromatic heterocycles. The molecule has 0 bridgehead atoms. The van der Waals surface area contributed by atoms with Gasteiger partial charge in [-0.2, -0.15) is 0 Å². The molecule has 0 heterocycles. The molecule has 0 saturated heterocycles. The molecule has 3 N–H and O–H groups in total. The molecule has 0 radical (unpaired) electrons. The van der Waals surface area contributed by atoms with Gasteiger partial charge in [0.05, 0.1) is 12.7 Å². The van der Waals surface area contributed by atoms with Crippen LogP contribution in [0.15, 0.2) is 18.2 Å². The number of anilines is 1. The van der Waals surface area contributed by atoms with Crippen LogP contribution in [-0.2, 0) is 10.1 Å². The first-order valence-corrected chi connectivity index (χ1v) is 5.09. The molecule has 0 atom stereocenters. The number of carbonyl (C=O) groups is 1. The second-order valence-electron chi connectivity index (χ2n) is 2.64. The Labute approximate surface area is 90.5 Å². The molecule has 0 spiro atoms. The monoisotopic (exact) mass is 258 g/mol. The fourth-order valence-electron chi connectivity index (χ4n) is 1.08. The largest absolute Gasteiger partial charge is 0.465 e. The molecule has 4 nitrogen and oxygen atoms in total. The summed E-state index contributed by atoms with van der Waals surface area (Å²) in [5.41, 5.74) is 4.54. The van der Waals surface area contributed by atoms with Gasteiger partial charge in [0.1, 0.15) is 0 Å². The van der Waals surface area contributed by atoms with Crippen molar-refractivity contribution in [2.24, 2.45) is 5.84 Å². The maximum atomic E-state index is 11.3. The Morgan fingerprint density at radius 3 is 2.86 bits per heavy atom. The van der Waals surface area contributed by atoms with Crippen molar-refractivity contribution < 1.29 is 9.53 Å². The topological polar surface area (TPSA) is 64.3 Å². The first kappa shape index (κ1) is 11.0. The maximum Gasteiger partial charge on any atom is 0.338 e. The molecule has 14 heavy (non-hydrogen) atoms. The first-order valence-electron chi connectivity index (χ1n) is 3.96. The lowest BCUT2D eigenvalue weighted by molar-refractivity contribution is 0.0600. The number of ether oxygens (including phenoxy) is 1. The van der Waals surface area contributed by atoms with E-state index in [0.717, 1.165) is 5.56 Å². The van der Waals surface area contributed by atoms with Crippen molar-refractivity contribution in [3.05, 3.63) is 29.3 Å². The molecule has 0 saturated carbocycles. The Morgan fingerprint density at radius 1 is 1.64 bits per heavy atom. The lowest BCUT2D eigenvalue weighted by Crippen LogP contribution is -2.10. The number of hydrazine groups is 1. The summed E-state index contributed by atoms with van der Waals surface area (Å²) < 4.78 is 4.65. The zero-order valence-electron chi connectivity index (χ0n) is 7.71. The molecular formula is C9H11BrN2O2. The van der Waals surface area contributed by atoms with Crippen molar-refractivity contribution in [1.82, 2.24) is 0 Å². The first-order chi connectivity index (χ1) is 6.72. The second-order valence-corrected chi connectivity index (χ2v) is 3.20. The van der Waals surface area contributed by atoms with Crippen molar-refractivity contribution >= 4 is 27.6 Å². The molecule has 0 unspecified atom stereocenters. The van der Waals surface area contributed by atoms with E-state index >= 15 is 0 Å². The highest BCUT2D eigenvalue weighted by atomic mass is 79.9. The SMILES string of the molecule is COC(=O)c1cc(NN)ccc1CBr. The number of carbonyl (C=O) groups excluding carboxylic acids is 1. The van der Waals surface area contributed by atoms with E-state index in [1.165, 1.54) is 7.11 Å². The highest BCUT2D eigenvalue weighted by Gasteiger charge is 2.11. The quantitative estimate of drug-likeness (QED) is 0.375. The average Bonchev–Trinajstić information content (AvgIpc) is 2.27. The standard InChI is InChI=1S/C9H11BrN2O2/c1-14-9(13)8-4-7(12-11)3-2-6(8)5-10/h2-4,12H,5,11H2,1H3. The third-order valence-corrected chi connectivity index (χ3v) is 2.43. The van der Waals surface area contributed by atoms with E-state index in [4.69, 9.17) is 5.84 Å². The van der Waals surface area contributed by atoms with Gasteiger partial charge in [0.25, 0.3) is 0 Å². The number of rotatable bonds is 3. The van der Waals surface area contributed by atoms with Crippen molar-refractivity contribution in [2.45, 2.75) is 5.33 Å². The molecule has 0 amide bonds. The number of halogens is 1. The molecule has 1 aromatic carbocycles. The second kappa shape index (κ2) is 4.97. The van der Waals surface area contributed by atoms with Crippen LogP contribution in [0.5, 0.6) is 0 Å². The Morgan fingerprint density at radius 2 is 2.36 bits per heavy atom. The van der Waals surface area contributed by atoms with Crippen LogP contribution in [0.25, 0.3) is 0 Å². The predicted octanol–water partition coefficient (Wildman–Crippen LogP) is 1.65. The van der Waals surface area contributed by atoms with Crippen LogP contribution in [0.2, 0.25) is 0 Å². The zero-order chi connectivity index (χ0) is 10.6. The Bertz CT molecular complexity index is 342. The minimum absolute atomic E-state index is 0.364. The molecule has 0 aliphatic heterocycles. The summed E-state index contributed by atoms with van der Waals surface area (Å²) in [6.45, 7) is 0. The molecule has 0 aliphatic carbocycles. The summed E-state index contributed by atoms with van der Waals surface area (Å²) in [6, 6.07) is 5.27. The van der Waals surface area contributed by atoms with Crippen molar-refractivity contribution in [3.8, 4) is 0 Å². The Hall–Kier alpha value is -1.07. The number of alkyl halides is 1. The highest BCUT2D eigenvalue weighted by Crippen LogP contribution is 2.18. The van der Waals surface area contributed by atoms with Gasteiger partial charge < -0.3 is 10.2 Å². The van der Waals surface area contributed by atoms with E-state index in [0.29, 0.717) is 16.6 Å². The summed E-state index contributed by atoms with van der Waals surface area (Å²) in [5.74, 6) is 4.87. The molecule has 1 aromatic rings. The lowest BCUT2D eigenvalue weighted by Gasteiger charge is -2.07. The number of hydrogen-bond donors (Lipinski definition) is 2. The van der Waals surface area contributed by atoms with Gasteiger partial charge in [0.2, 0.25) is 0 Å². The van der Waals surface area contributed by atoms with E-state index in [2.05, 4.69) is 26.1 Å². The number of esters is 1. The van der Waals surface area contributed by atoms with E-state index in [1.807, 2.05) is 6.07 Å². The maximum absolute atomic E-state index is 11.3. The van der Waals surface area contributed by atoms with Gasteiger partial charge in [0.15, 0.2) is 0 Å².